The first-order chi connectivity index (χ1) is 11.2. The predicted molar refractivity (Wildman–Crippen MR) is 77.9 cm³/mol. The van der Waals surface area contributed by atoms with Gasteiger partial charge in [0, 0.05) is 17.2 Å². The second kappa shape index (κ2) is 6.49. The summed E-state index contributed by atoms with van der Waals surface area (Å²) in [6.07, 6.45) is -3.62. The van der Waals surface area contributed by atoms with E-state index >= 15 is 0 Å². The SMILES string of the molecule is O=C(N/N=C\c1cc(O)c(O)cc1O)c1cccc(C(F)(F)F)c1. The number of halogens is 3. The molecule has 2 rings (SSSR count). The van der Waals surface area contributed by atoms with Crippen molar-refractivity contribution >= 4 is 12.1 Å². The van der Waals surface area contributed by atoms with Crippen molar-refractivity contribution in [2.45, 2.75) is 6.18 Å². The zero-order valence-corrected chi connectivity index (χ0v) is 11.9. The fourth-order valence-electron chi connectivity index (χ4n) is 1.75. The van der Waals surface area contributed by atoms with Crippen molar-refractivity contribution < 1.29 is 33.3 Å². The maximum Gasteiger partial charge on any atom is 0.416 e. The monoisotopic (exact) mass is 340 g/mol. The molecule has 0 spiro atoms. The Morgan fingerprint density at radius 2 is 1.71 bits per heavy atom. The molecule has 0 heterocycles. The minimum Gasteiger partial charge on any atom is -0.507 e. The molecule has 1 amide bonds. The highest BCUT2D eigenvalue weighted by atomic mass is 19.4. The van der Waals surface area contributed by atoms with Crippen LogP contribution in [0.4, 0.5) is 13.2 Å². The van der Waals surface area contributed by atoms with Crippen LogP contribution in [0.15, 0.2) is 41.5 Å². The van der Waals surface area contributed by atoms with Gasteiger partial charge in [-0.3, -0.25) is 4.79 Å². The smallest absolute Gasteiger partial charge is 0.416 e. The van der Waals surface area contributed by atoms with Gasteiger partial charge in [0.05, 0.1) is 11.8 Å². The van der Waals surface area contributed by atoms with Crippen molar-refractivity contribution in [1.29, 1.82) is 0 Å². The number of aromatic hydroxyl groups is 3. The van der Waals surface area contributed by atoms with E-state index in [4.69, 9.17) is 5.11 Å². The van der Waals surface area contributed by atoms with Gasteiger partial charge < -0.3 is 15.3 Å². The highest BCUT2D eigenvalue weighted by Gasteiger charge is 2.30. The lowest BCUT2D eigenvalue weighted by Gasteiger charge is -2.07. The van der Waals surface area contributed by atoms with E-state index in [-0.39, 0.29) is 11.1 Å². The van der Waals surface area contributed by atoms with Crippen LogP contribution in [0.2, 0.25) is 0 Å². The summed E-state index contributed by atoms with van der Waals surface area (Å²) in [5, 5.41) is 31.5. The van der Waals surface area contributed by atoms with Crippen molar-refractivity contribution in [1.82, 2.24) is 5.43 Å². The van der Waals surface area contributed by atoms with Crippen LogP contribution in [0.25, 0.3) is 0 Å². The Bertz CT molecular complexity index is 804. The van der Waals surface area contributed by atoms with Gasteiger partial charge in [0.2, 0.25) is 0 Å². The Morgan fingerprint density at radius 1 is 1.04 bits per heavy atom. The van der Waals surface area contributed by atoms with E-state index in [9.17, 15) is 28.2 Å². The number of carbonyl (C=O) groups excluding carboxylic acids is 1. The van der Waals surface area contributed by atoms with Gasteiger partial charge in [0.1, 0.15) is 5.75 Å². The number of benzene rings is 2. The van der Waals surface area contributed by atoms with Crippen molar-refractivity contribution in [3.05, 3.63) is 53.1 Å². The number of alkyl halides is 3. The van der Waals surface area contributed by atoms with E-state index in [0.717, 1.165) is 30.5 Å². The molecule has 24 heavy (non-hydrogen) atoms. The van der Waals surface area contributed by atoms with Crippen molar-refractivity contribution in [3.63, 3.8) is 0 Å². The van der Waals surface area contributed by atoms with E-state index in [2.05, 4.69) is 5.10 Å². The summed E-state index contributed by atoms with van der Waals surface area (Å²) >= 11 is 0. The van der Waals surface area contributed by atoms with Gasteiger partial charge >= 0.3 is 6.18 Å². The maximum absolute atomic E-state index is 12.6. The van der Waals surface area contributed by atoms with Crippen LogP contribution in [-0.2, 0) is 6.18 Å². The summed E-state index contributed by atoms with van der Waals surface area (Å²) in [5.41, 5.74) is 0.754. The third-order valence-corrected chi connectivity index (χ3v) is 2.95. The molecule has 0 radical (unpaired) electrons. The highest BCUT2D eigenvalue weighted by Crippen LogP contribution is 2.31. The highest BCUT2D eigenvalue weighted by molar-refractivity contribution is 5.95. The first kappa shape index (κ1) is 17.1. The maximum atomic E-state index is 12.6. The van der Waals surface area contributed by atoms with E-state index in [1.54, 1.807) is 0 Å². The second-order valence-electron chi connectivity index (χ2n) is 4.68. The lowest BCUT2D eigenvalue weighted by atomic mass is 10.1. The molecule has 0 atom stereocenters. The molecule has 0 unspecified atom stereocenters. The van der Waals surface area contributed by atoms with Crippen molar-refractivity contribution in [2.75, 3.05) is 0 Å². The van der Waals surface area contributed by atoms with Gasteiger partial charge in [-0.1, -0.05) is 6.07 Å². The zero-order valence-electron chi connectivity index (χ0n) is 11.9. The first-order valence-corrected chi connectivity index (χ1v) is 6.44. The van der Waals surface area contributed by atoms with Crippen LogP contribution >= 0.6 is 0 Å². The number of phenolic OH excluding ortho intramolecular Hbond substituents is 3. The molecule has 0 fully saturated rings. The van der Waals surface area contributed by atoms with Crippen LogP contribution in [0.5, 0.6) is 17.2 Å². The average Bonchev–Trinajstić information content (AvgIpc) is 2.51. The third-order valence-electron chi connectivity index (χ3n) is 2.95. The van der Waals surface area contributed by atoms with Gasteiger partial charge in [-0.25, -0.2) is 5.43 Å². The average molecular weight is 340 g/mol. The van der Waals surface area contributed by atoms with Gasteiger partial charge in [-0.2, -0.15) is 18.3 Å². The molecule has 0 aliphatic rings. The molecule has 0 aliphatic carbocycles. The molecule has 9 heteroatoms. The Hall–Kier alpha value is -3.23. The number of nitrogens with zero attached hydrogens (tertiary/aromatic N) is 1. The molecular weight excluding hydrogens is 329 g/mol. The fraction of sp³-hybridized carbons (Fsp3) is 0.0667. The van der Waals surface area contributed by atoms with Gasteiger partial charge in [-0.05, 0) is 24.3 Å². The second-order valence-corrected chi connectivity index (χ2v) is 4.68. The Balaban J connectivity index is 2.12. The Kier molecular flexibility index (Phi) is 4.63. The third kappa shape index (κ3) is 3.94. The van der Waals surface area contributed by atoms with Gasteiger partial charge in [-0.15, -0.1) is 0 Å². The van der Waals surface area contributed by atoms with Crippen molar-refractivity contribution in [3.8, 4) is 17.2 Å². The molecule has 0 aliphatic heterocycles. The molecule has 0 saturated heterocycles. The van der Waals surface area contributed by atoms with E-state index < -0.39 is 34.9 Å². The van der Waals surface area contributed by atoms with Gasteiger partial charge in [0.25, 0.3) is 5.91 Å². The summed E-state index contributed by atoms with van der Waals surface area (Å²) in [4.78, 5) is 11.8. The summed E-state index contributed by atoms with van der Waals surface area (Å²) < 4.78 is 37.8. The van der Waals surface area contributed by atoms with Crippen LogP contribution < -0.4 is 5.43 Å². The first-order valence-electron chi connectivity index (χ1n) is 6.44. The number of hydrazone groups is 1. The lowest BCUT2D eigenvalue weighted by molar-refractivity contribution is -0.137. The van der Waals surface area contributed by atoms with Crippen LogP contribution in [0.1, 0.15) is 21.5 Å². The standard InChI is InChI=1S/C15H11F3N2O4/c16-15(17,18)10-3-1-2-8(4-10)14(24)20-19-7-9-5-12(22)13(23)6-11(9)21/h1-7,21-23H,(H,20,24)/b19-7-. The number of phenols is 3. The molecule has 4 N–H and O–H groups in total. The van der Waals surface area contributed by atoms with Crippen molar-refractivity contribution in [2.24, 2.45) is 5.10 Å². The molecule has 0 saturated carbocycles. The largest absolute Gasteiger partial charge is 0.507 e. The number of amides is 1. The van der Waals surface area contributed by atoms with Crippen LogP contribution in [-0.4, -0.2) is 27.4 Å². The van der Waals surface area contributed by atoms with Crippen LogP contribution in [0, 0.1) is 0 Å². The normalized spacial score (nSPS) is 11.6. The topological polar surface area (TPSA) is 102 Å². The summed E-state index contributed by atoms with van der Waals surface area (Å²) in [6.45, 7) is 0. The number of nitrogens with one attached hydrogen (secondary N) is 1. The molecule has 0 aromatic heterocycles. The Morgan fingerprint density at radius 3 is 2.38 bits per heavy atom. The number of hydrogen-bond donors (Lipinski definition) is 4. The quantitative estimate of drug-likeness (QED) is 0.298. The predicted octanol–water partition coefficient (Wildman–Crippen LogP) is 2.59. The number of hydrogen-bond acceptors (Lipinski definition) is 5. The molecule has 126 valence electrons. The zero-order chi connectivity index (χ0) is 17.9. The minimum atomic E-state index is -4.57. The van der Waals surface area contributed by atoms with Gasteiger partial charge in [0.15, 0.2) is 11.5 Å². The summed E-state index contributed by atoms with van der Waals surface area (Å²) in [6, 6.07) is 5.64. The lowest BCUT2D eigenvalue weighted by Crippen LogP contribution is -2.18. The molecule has 6 nitrogen and oxygen atoms in total. The van der Waals surface area contributed by atoms with E-state index in [1.165, 1.54) is 6.07 Å². The number of rotatable bonds is 3. The molecule has 0 bridgehead atoms. The molecular formula is C15H11F3N2O4. The number of carbonyl (C=O) groups is 1. The molecule has 2 aromatic carbocycles. The Labute approximate surface area is 133 Å². The summed E-state index contributed by atoms with van der Waals surface area (Å²) in [5.74, 6) is -2.36. The van der Waals surface area contributed by atoms with E-state index in [0.29, 0.717) is 6.07 Å². The minimum absolute atomic E-state index is 0.0188. The van der Waals surface area contributed by atoms with E-state index in [1.807, 2.05) is 5.43 Å². The summed E-state index contributed by atoms with van der Waals surface area (Å²) in [7, 11) is 0. The fourth-order valence-corrected chi connectivity index (χ4v) is 1.75. The van der Waals surface area contributed by atoms with Crippen LogP contribution in [0.3, 0.4) is 0 Å². The molecule has 2 aromatic rings.